The highest BCUT2D eigenvalue weighted by Crippen LogP contribution is 2.32. The lowest BCUT2D eigenvalue weighted by molar-refractivity contribution is -0.137. The van der Waals surface area contributed by atoms with Gasteiger partial charge in [0.2, 0.25) is 0 Å². The van der Waals surface area contributed by atoms with Crippen LogP contribution in [0.1, 0.15) is 39.8 Å². The smallest absolute Gasteiger partial charge is 0.317 e. The van der Waals surface area contributed by atoms with E-state index in [9.17, 15) is 13.2 Å². The second-order valence-corrected chi connectivity index (χ2v) is 6.70. The van der Waals surface area contributed by atoms with Gasteiger partial charge in [-0.15, -0.1) is 11.3 Å². The van der Waals surface area contributed by atoms with Gasteiger partial charge in [-0.2, -0.15) is 13.2 Å². The maximum absolute atomic E-state index is 12.5. The van der Waals surface area contributed by atoms with Crippen molar-refractivity contribution in [3.8, 4) is 0 Å². The van der Waals surface area contributed by atoms with Crippen LogP contribution >= 0.6 is 11.3 Å². The fourth-order valence-electron chi connectivity index (χ4n) is 2.69. The molecule has 0 saturated carbocycles. The lowest BCUT2D eigenvalue weighted by Crippen LogP contribution is -2.26. The second-order valence-electron chi connectivity index (χ2n) is 5.55. The summed E-state index contributed by atoms with van der Waals surface area (Å²) in [6, 6.07) is 5.34. The third-order valence-electron chi connectivity index (χ3n) is 3.95. The first-order valence-electron chi connectivity index (χ1n) is 7.34. The summed E-state index contributed by atoms with van der Waals surface area (Å²) >= 11 is 1.68. The Morgan fingerprint density at radius 1 is 1.14 bits per heavy atom. The van der Waals surface area contributed by atoms with Gasteiger partial charge in [-0.05, 0) is 49.5 Å². The first kappa shape index (κ1) is 15.5. The minimum atomic E-state index is -4.28. The summed E-state index contributed by atoms with van der Waals surface area (Å²) in [7, 11) is 0. The van der Waals surface area contributed by atoms with E-state index in [1.807, 2.05) is 6.20 Å². The van der Waals surface area contributed by atoms with Gasteiger partial charge in [0.1, 0.15) is 0 Å². The maximum atomic E-state index is 12.5. The molecule has 1 aromatic carbocycles. The zero-order chi connectivity index (χ0) is 15.6. The number of aromatic nitrogens is 1. The number of thiazole rings is 1. The van der Waals surface area contributed by atoms with Crippen molar-refractivity contribution < 1.29 is 13.2 Å². The monoisotopic (exact) mass is 326 g/mol. The number of rotatable bonds is 3. The zero-order valence-electron chi connectivity index (χ0n) is 12.0. The van der Waals surface area contributed by atoms with Gasteiger partial charge in [0, 0.05) is 17.5 Å². The minimum Gasteiger partial charge on any atom is -0.317 e. The fourth-order valence-corrected chi connectivity index (χ4v) is 3.81. The topological polar surface area (TPSA) is 24.9 Å². The lowest BCUT2D eigenvalue weighted by Gasteiger charge is -2.20. The molecule has 1 aliphatic rings. The maximum Gasteiger partial charge on any atom is 0.416 e. The Morgan fingerprint density at radius 3 is 2.45 bits per heavy atom. The zero-order valence-corrected chi connectivity index (χ0v) is 12.8. The molecule has 0 aliphatic carbocycles. The van der Waals surface area contributed by atoms with Crippen molar-refractivity contribution in [2.75, 3.05) is 13.1 Å². The predicted molar refractivity (Wildman–Crippen MR) is 81.2 cm³/mol. The van der Waals surface area contributed by atoms with Crippen LogP contribution in [-0.4, -0.2) is 18.1 Å². The SMILES string of the molecule is FC(F)(F)c1ccc(Cc2ncc(C3CCNCC3)s2)cc1. The van der Waals surface area contributed by atoms with Gasteiger partial charge in [0.15, 0.2) is 0 Å². The van der Waals surface area contributed by atoms with E-state index in [4.69, 9.17) is 0 Å². The average molecular weight is 326 g/mol. The van der Waals surface area contributed by atoms with Crippen LogP contribution in [-0.2, 0) is 12.6 Å². The Hall–Kier alpha value is -1.40. The molecule has 0 unspecified atom stereocenters. The van der Waals surface area contributed by atoms with E-state index in [2.05, 4.69) is 10.3 Å². The number of nitrogens with zero attached hydrogens (tertiary/aromatic N) is 1. The molecule has 0 spiro atoms. The molecule has 1 N–H and O–H groups in total. The summed E-state index contributed by atoms with van der Waals surface area (Å²) in [6.45, 7) is 2.08. The number of hydrogen-bond donors (Lipinski definition) is 1. The first-order chi connectivity index (χ1) is 10.5. The number of piperidine rings is 1. The number of alkyl halides is 3. The van der Waals surface area contributed by atoms with E-state index >= 15 is 0 Å². The molecule has 0 bridgehead atoms. The molecule has 2 heterocycles. The van der Waals surface area contributed by atoms with Gasteiger partial charge in [-0.1, -0.05) is 12.1 Å². The Balaban J connectivity index is 1.67. The Morgan fingerprint density at radius 2 is 1.82 bits per heavy atom. The van der Waals surface area contributed by atoms with Crippen molar-refractivity contribution >= 4 is 11.3 Å². The van der Waals surface area contributed by atoms with Gasteiger partial charge >= 0.3 is 6.18 Å². The van der Waals surface area contributed by atoms with Crippen LogP contribution in [0.25, 0.3) is 0 Å². The van der Waals surface area contributed by atoms with Crippen molar-refractivity contribution in [1.29, 1.82) is 0 Å². The average Bonchev–Trinajstić information content (AvgIpc) is 2.96. The highest BCUT2D eigenvalue weighted by atomic mass is 32.1. The Labute approximate surface area is 131 Å². The Bertz CT molecular complexity index is 613. The summed E-state index contributed by atoms with van der Waals surface area (Å²) in [6.07, 6.45) is 0.500. The second kappa shape index (κ2) is 6.38. The molecule has 1 aliphatic heterocycles. The van der Waals surface area contributed by atoms with Crippen LogP contribution in [0.4, 0.5) is 13.2 Å². The van der Waals surface area contributed by atoms with Crippen LogP contribution in [0.5, 0.6) is 0 Å². The van der Waals surface area contributed by atoms with E-state index in [-0.39, 0.29) is 0 Å². The number of hydrogen-bond acceptors (Lipinski definition) is 3. The molecule has 118 valence electrons. The molecule has 1 aromatic heterocycles. The molecule has 0 amide bonds. The minimum absolute atomic E-state index is 0.570. The summed E-state index contributed by atoms with van der Waals surface area (Å²) in [4.78, 5) is 5.73. The van der Waals surface area contributed by atoms with Crippen molar-refractivity contribution in [3.63, 3.8) is 0 Å². The van der Waals surface area contributed by atoms with Crippen molar-refractivity contribution in [3.05, 3.63) is 51.5 Å². The molecular weight excluding hydrogens is 309 g/mol. The van der Waals surface area contributed by atoms with Gasteiger partial charge in [0.05, 0.1) is 10.6 Å². The van der Waals surface area contributed by atoms with Gasteiger partial charge in [0.25, 0.3) is 0 Å². The lowest BCUT2D eigenvalue weighted by atomic mass is 9.97. The van der Waals surface area contributed by atoms with Crippen LogP contribution < -0.4 is 5.32 Å². The van der Waals surface area contributed by atoms with Crippen molar-refractivity contribution in [1.82, 2.24) is 10.3 Å². The third-order valence-corrected chi connectivity index (χ3v) is 5.11. The molecule has 2 nitrogen and oxygen atoms in total. The standard InChI is InChI=1S/C16H17F3N2S/c17-16(18,19)13-3-1-11(2-4-13)9-15-21-10-14(22-15)12-5-7-20-8-6-12/h1-4,10,12,20H,5-9H2. The summed E-state index contributed by atoms with van der Waals surface area (Å²) in [5.74, 6) is 0.570. The third kappa shape index (κ3) is 3.67. The molecule has 1 saturated heterocycles. The molecule has 3 rings (SSSR count). The molecule has 22 heavy (non-hydrogen) atoms. The van der Waals surface area contributed by atoms with Crippen LogP contribution in [0.15, 0.2) is 30.5 Å². The largest absolute Gasteiger partial charge is 0.416 e. The van der Waals surface area contributed by atoms with Gasteiger partial charge in [-0.25, -0.2) is 4.98 Å². The normalized spacial score (nSPS) is 16.9. The van der Waals surface area contributed by atoms with Crippen LogP contribution in [0.2, 0.25) is 0 Å². The highest BCUT2D eigenvalue weighted by Gasteiger charge is 2.29. The highest BCUT2D eigenvalue weighted by molar-refractivity contribution is 7.11. The van der Waals surface area contributed by atoms with E-state index < -0.39 is 11.7 Å². The summed E-state index contributed by atoms with van der Waals surface area (Å²) in [5, 5.41) is 4.31. The molecule has 6 heteroatoms. The van der Waals surface area contributed by atoms with E-state index in [1.54, 1.807) is 11.3 Å². The van der Waals surface area contributed by atoms with Gasteiger partial charge in [-0.3, -0.25) is 0 Å². The Kier molecular flexibility index (Phi) is 4.49. The fraction of sp³-hybridized carbons (Fsp3) is 0.438. The van der Waals surface area contributed by atoms with Crippen LogP contribution in [0, 0.1) is 0 Å². The van der Waals surface area contributed by atoms with E-state index in [0.29, 0.717) is 12.3 Å². The number of halogens is 3. The van der Waals surface area contributed by atoms with E-state index in [1.165, 1.54) is 17.0 Å². The number of nitrogens with one attached hydrogen (secondary N) is 1. The molecule has 0 radical (unpaired) electrons. The molecule has 2 aromatic rings. The summed E-state index contributed by atoms with van der Waals surface area (Å²) in [5.41, 5.74) is 0.255. The van der Waals surface area contributed by atoms with Crippen LogP contribution in [0.3, 0.4) is 0 Å². The van der Waals surface area contributed by atoms with Gasteiger partial charge < -0.3 is 5.32 Å². The van der Waals surface area contributed by atoms with E-state index in [0.717, 1.165) is 48.6 Å². The first-order valence-corrected chi connectivity index (χ1v) is 8.15. The summed E-state index contributed by atoms with van der Waals surface area (Å²) < 4.78 is 37.6. The quantitative estimate of drug-likeness (QED) is 0.913. The van der Waals surface area contributed by atoms with Crippen molar-refractivity contribution in [2.24, 2.45) is 0 Å². The molecule has 0 atom stereocenters. The number of benzene rings is 1. The predicted octanol–water partition coefficient (Wildman–Crippen LogP) is 4.22. The molecular formula is C16H17F3N2S. The van der Waals surface area contributed by atoms with Crippen molar-refractivity contribution in [2.45, 2.75) is 31.4 Å². The molecule has 1 fully saturated rings.